The largest absolute Gasteiger partial charge is 0.452 e. The van der Waals surface area contributed by atoms with Gasteiger partial charge in [0.15, 0.2) is 18.1 Å². The van der Waals surface area contributed by atoms with Gasteiger partial charge in [0.05, 0.1) is 0 Å². The lowest BCUT2D eigenvalue weighted by Gasteiger charge is -2.31. The number of ether oxygens (including phenoxy) is 3. The molecule has 1 N–H and O–H groups in total. The Hall–Kier alpha value is -3.16. The number of halogens is 2. The molecule has 0 atom stereocenters. The molecular weight excluding hydrogens is 384 g/mol. The molecule has 1 amide bonds. The number of hydrogen-bond acceptors (Lipinski definition) is 5. The van der Waals surface area contributed by atoms with E-state index in [0.29, 0.717) is 17.2 Å². The van der Waals surface area contributed by atoms with E-state index in [4.69, 9.17) is 14.2 Å². The van der Waals surface area contributed by atoms with Crippen LogP contribution in [-0.4, -0.2) is 24.3 Å². The third kappa shape index (κ3) is 4.01. The van der Waals surface area contributed by atoms with E-state index in [0.717, 1.165) is 50.3 Å². The molecule has 2 aromatic carbocycles. The number of hydrogen-bond donors (Lipinski definition) is 1. The zero-order valence-corrected chi connectivity index (χ0v) is 15.5. The Morgan fingerprint density at radius 3 is 2.41 bits per heavy atom. The highest BCUT2D eigenvalue weighted by molar-refractivity contribution is 5.95. The van der Waals surface area contributed by atoms with Gasteiger partial charge in [0, 0.05) is 24.6 Å². The predicted octanol–water partition coefficient (Wildman–Crippen LogP) is 4.19. The molecule has 0 bridgehead atoms. The van der Waals surface area contributed by atoms with E-state index in [1.54, 1.807) is 18.2 Å². The molecule has 0 aromatic heterocycles. The fourth-order valence-electron chi connectivity index (χ4n) is 3.56. The lowest BCUT2D eigenvalue weighted by atomic mass is 9.94. The molecule has 8 heteroatoms. The van der Waals surface area contributed by atoms with Gasteiger partial charge in [0.25, 0.3) is 11.7 Å². The van der Waals surface area contributed by atoms with Gasteiger partial charge in [-0.2, -0.15) is 0 Å². The van der Waals surface area contributed by atoms with Crippen molar-refractivity contribution in [2.24, 2.45) is 0 Å². The summed E-state index contributed by atoms with van der Waals surface area (Å²) in [4.78, 5) is 23.9. The van der Waals surface area contributed by atoms with Crippen LogP contribution < -0.4 is 14.8 Å². The third-order valence-electron chi connectivity index (χ3n) is 4.94. The molecule has 4 rings (SSSR count). The van der Waals surface area contributed by atoms with E-state index >= 15 is 0 Å². The second-order valence-corrected chi connectivity index (χ2v) is 7.06. The first kappa shape index (κ1) is 19.2. The molecule has 1 aliphatic heterocycles. The Kier molecular flexibility index (Phi) is 5.08. The molecular formula is C21H19F2NO5. The SMILES string of the molecule is O=C(COC(=O)c1c(F)cccc1F)Nc1ccc2c(c1)OC1(CCCCC1)O2. The Morgan fingerprint density at radius 1 is 1.00 bits per heavy atom. The van der Waals surface area contributed by atoms with Crippen molar-refractivity contribution in [1.82, 2.24) is 0 Å². The Bertz CT molecular complexity index is 936. The first-order chi connectivity index (χ1) is 14.0. The minimum atomic E-state index is -1.25. The van der Waals surface area contributed by atoms with Crippen LogP contribution in [0.15, 0.2) is 36.4 Å². The number of benzene rings is 2. The van der Waals surface area contributed by atoms with Gasteiger partial charge in [-0.3, -0.25) is 4.79 Å². The molecule has 29 heavy (non-hydrogen) atoms. The number of carbonyl (C=O) groups excluding carboxylic acids is 2. The van der Waals surface area contributed by atoms with E-state index in [2.05, 4.69) is 5.32 Å². The minimum Gasteiger partial charge on any atom is -0.452 e. The maximum absolute atomic E-state index is 13.6. The maximum atomic E-state index is 13.6. The molecule has 1 saturated carbocycles. The number of esters is 1. The van der Waals surface area contributed by atoms with Gasteiger partial charge in [-0.15, -0.1) is 0 Å². The summed E-state index contributed by atoms with van der Waals surface area (Å²) < 4.78 is 43.9. The fraction of sp³-hybridized carbons (Fsp3) is 0.333. The van der Waals surface area contributed by atoms with Crippen molar-refractivity contribution < 1.29 is 32.6 Å². The van der Waals surface area contributed by atoms with Crippen LogP contribution in [0.3, 0.4) is 0 Å². The highest BCUT2D eigenvalue weighted by atomic mass is 19.1. The lowest BCUT2D eigenvalue weighted by molar-refractivity contribution is -0.119. The van der Waals surface area contributed by atoms with Gasteiger partial charge >= 0.3 is 5.97 Å². The van der Waals surface area contributed by atoms with Crippen LogP contribution in [0.1, 0.15) is 42.5 Å². The molecule has 1 spiro atoms. The van der Waals surface area contributed by atoms with Crippen LogP contribution in [0.25, 0.3) is 0 Å². The summed E-state index contributed by atoms with van der Waals surface area (Å²) >= 11 is 0. The highest BCUT2D eigenvalue weighted by Crippen LogP contribution is 2.46. The van der Waals surface area contributed by atoms with Crippen LogP contribution in [0.2, 0.25) is 0 Å². The summed E-state index contributed by atoms with van der Waals surface area (Å²) in [6, 6.07) is 7.98. The van der Waals surface area contributed by atoms with Crippen molar-refractivity contribution in [1.29, 1.82) is 0 Å². The minimum absolute atomic E-state index is 0.429. The number of carbonyl (C=O) groups is 2. The topological polar surface area (TPSA) is 73.9 Å². The second kappa shape index (κ2) is 7.69. The predicted molar refractivity (Wildman–Crippen MR) is 98.8 cm³/mol. The van der Waals surface area contributed by atoms with Crippen molar-refractivity contribution in [2.45, 2.75) is 37.9 Å². The smallest absolute Gasteiger partial charge is 0.344 e. The van der Waals surface area contributed by atoms with Gasteiger partial charge < -0.3 is 19.5 Å². The van der Waals surface area contributed by atoms with Gasteiger partial charge in [0.2, 0.25) is 0 Å². The van der Waals surface area contributed by atoms with Crippen molar-refractivity contribution in [3.63, 3.8) is 0 Å². The Morgan fingerprint density at radius 2 is 1.69 bits per heavy atom. The maximum Gasteiger partial charge on any atom is 0.344 e. The van der Waals surface area contributed by atoms with Crippen LogP contribution in [0.5, 0.6) is 11.5 Å². The van der Waals surface area contributed by atoms with Gasteiger partial charge in [-0.1, -0.05) is 12.5 Å². The molecule has 0 unspecified atom stereocenters. The third-order valence-corrected chi connectivity index (χ3v) is 4.94. The Balaban J connectivity index is 1.35. The Labute approximate surface area is 165 Å². The monoisotopic (exact) mass is 403 g/mol. The number of nitrogens with one attached hydrogen (secondary N) is 1. The van der Waals surface area contributed by atoms with Crippen molar-refractivity contribution in [2.75, 3.05) is 11.9 Å². The first-order valence-corrected chi connectivity index (χ1v) is 9.39. The molecule has 0 saturated heterocycles. The number of anilines is 1. The van der Waals surface area contributed by atoms with Crippen molar-refractivity contribution in [3.05, 3.63) is 53.6 Å². The number of amides is 1. The molecule has 2 aliphatic rings. The summed E-state index contributed by atoms with van der Waals surface area (Å²) in [5.74, 6) is -3.48. The molecule has 0 radical (unpaired) electrons. The van der Waals surface area contributed by atoms with Crippen LogP contribution >= 0.6 is 0 Å². The van der Waals surface area contributed by atoms with Gasteiger partial charge in [0.1, 0.15) is 17.2 Å². The molecule has 152 valence electrons. The molecule has 6 nitrogen and oxygen atoms in total. The number of rotatable bonds is 4. The number of fused-ring (bicyclic) bond motifs is 1. The molecule has 1 fully saturated rings. The first-order valence-electron chi connectivity index (χ1n) is 9.39. The van der Waals surface area contributed by atoms with Gasteiger partial charge in [-0.05, 0) is 37.1 Å². The summed E-state index contributed by atoms with van der Waals surface area (Å²) in [6.45, 7) is -0.689. The van der Waals surface area contributed by atoms with E-state index < -0.39 is 41.5 Å². The van der Waals surface area contributed by atoms with E-state index in [-0.39, 0.29) is 0 Å². The molecule has 1 aliphatic carbocycles. The summed E-state index contributed by atoms with van der Waals surface area (Å²) in [5, 5.41) is 2.56. The van der Waals surface area contributed by atoms with E-state index in [9.17, 15) is 18.4 Å². The van der Waals surface area contributed by atoms with E-state index in [1.807, 2.05) is 0 Å². The summed E-state index contributed by atoms with van der Waals surface area (Å²) in [6.07, 6.45) is 4.84. The quantitative estimate of drug-likeness (QED) is 0.775. The highest BCUT2D eigenvalue weighted by Gasteiger charge is 2.42. The normalized spacial score (nSPS) is 16.5. The second-order valence-electron chi connectivity index (χ2n) is 7.06. The standard InChI is InChI=1S/C21H19F2NO5/c22-14-5-4-6-15(23)19(14)20(26)27-12-18(25)24-13-7-8-16-17(11-13)29-21(28-16)9-2-1-3-10-21/h4-8,11H,1-3,9-10,12H2,(H,24,25). The average molecular weight is 403 g/mol. The average Bonchev–Trinajstić information content (AvgIpc) is 3.03. The summed E-state index contributed by atoms with van der Waals surface area (Å²) in [5.41, 5.74) is -0.403. The molecule has 1 heterocycles. The van der Waals surface area contributed by atoms with Crippen LogP contribution in [-0.2, 0) is 9.53 Å². The van der Waals surface area contributed by atoms with Crippen LogP contribution in [0.4, 0.5) is 14.5 Å². The van der Waals surface area contributed by atoms with Gasteiger partial charge in [-0.25, -0.2) is 13.6 Å². The lowest BCUT2D eigenvalue weighted by Crippen LogP contribution is -2.40. The van der Waals surface area contributed by atoms with Crippen molar-refractivity contribution in [3.8, 4) is 11.5 Å². The molecule has 2 aromatic rings. The van der Waals surface area contributed by atoms with Crippen LogP contribution in [0, 0.1) is 11.6 Å². The van der Waals surface area contributed by atoms with E-state index in [1.165, 1.54) is 0 Å². The zero-order chi connectivity index (χ0) is 20.4. The summed E-state index contributed by atoms with van der Waals surface area (Å²) in [7, 11) is 0. The fourth-order valence-corrected chi connectivity index (χ4v) is 3.56. The zero-order valence-electron chi connectivity index (χ0n) is 15.5. The van der Waals surface area contributed by atoms with Crippen molar-refractivity contribution >= 4 is 17.6 Å².